The number of amides is 2. The molecule has 0 radical (unpaired) electrons. The predicted octanol–water partition coefficient (Wildman–Crippen LogP) is 1.94. The summed E-state index contributed by atoms with van der Waals surface area (Å²) in [5, 5.41) is 3.86. The molecule has 6 nitrogen and oxygen atoms in total. The summed E-state index contributed by atoms with van der Waals surface area (Å²) in [5.41, 5.74) is 0.889. The van der Waals surface area contributed by atoms with Crippen LogP contribution in [0.5, 0.6) is 5.75 Å². The van der Waals surface area contributed by atoms with E-state index >= 15 is 0 Å². The van der Waals surface area contributed by atoms with Gasteiger partial charge >= 0.3 is 5.97 Å². The highest BCUT2D eigenvalue weighted by Crippen LogP contribution is 2.15. The van der Waals surface area contributed by atoms with Gasteiger partial charge in [-0.2, -0.15) is 0 Å². The fourth-order valence-electron chi connectivity index (χ4n) is 1.67. The molecule has 0 atom stereocenters. The molecule has 0 aliphatic carbocycles. The van der Waals surface area contributed by atoms with E-state index in [9.17, 15) is 14.4 Å². The van der Waals surface area contributed by atoms with Crippen LogP contribution in [0.2, 0.25) is 0 Å². The average molecular weight is 333 g/mol. The van der Waals surface area contributed by atoms with Crippen molar-refractivity contribution in [2.24, 2.45) is 0 Å². The Morgan fingerprint density at radius 2 is 1.87 bits per heavy atom. The minimum atomic E-state index is -0.688. The van der Waals surface area contributed by atoms with Crippen molar-refractivity contribution in [2.75, 3.05) is 13.2 Å². The normalized spacial score (nSPS) is 9.96. The maximum atomic E-state index is 11.6. The van der Waals surface area contributed by atoms with Gasteiger partial charge in [-0.3, -0.25) is 14.9 Å². The number of esters is 1. The predicted molar refractivity (Wildman–Crippen MR) is 84.4 cm³/mol. The van der Waals surface area contributed by atoms with Crippen molar-refractivity contribution in [3.63, 3.8) is 0 Å². The van der Waals surface area contributed by atoms with Crippen LogP contribution in [0.3, 0.4) is 0 Å². The molecule has 0 saturated carbocycles. The van der Waals surface area contributed by atoms with Gasteiger partial charge in [-0.15, -0.1) is 11.3 Å². The highest BCUT2D eigenvalue weighted by molar-refractivity contribution is 7.12. The number of thiophene rings is 1. The van der Waals surface area contributed by atoms with Gasteiger partial charge in [0.05, 0.1) is 4.88 Å². The molecule has 0 saturated heterocycles. The van der Waals surface area contributed by atoms with Crippen molar-refractivity contribution < 1.29 is 23.9 Å². The summed E-state index contributed by atoms with van der Waals surface area (Å²) in [6, 6.07) is 10.5. The standard InChI is InChI=1S/C16H15NO5S/c1-11-5-2-3-6-12(11)21-10-15(19)22-9-14(18)17-16(20)13-7-4-8-23-13/h2-8H,9-10H2,1H3,(H,17,18,20). The van der Waals surface area contributed by atoms with E-state index in [1.165, 1.54) is 11.3 Å². The SMILES string of the molecule is Cc1ccccc1OCC(=O)OCC(=O)NC(=O)c1cccs1. The van der Waals surface area contributed by atoms with E-state index in [1.54, 1.807) is 29.6 Å². The highest BCUT2D eigenvalue weighted by atomic mass is 32.1. The molecule has 0 unspecified atom stereocenters. The molecule has 1 aromatic carbocycles. The van der Waals surface area contributed by atoms with Gasteiger partial charge in [0.15, 0.2) is 13.2 Å². The van der Waals surface area contributed by atoms with Crippen LogP contribution in [0.15, 0.2) is 41.8 Å². The molecular weight excluding hydrogens is 318 g/mol. The zero-order valence-corrected chi connectivity index (χ0v) is 13.2. The number of nitrogens with one attached hydrogen (secondary N) is 1. The van der Waals surface area contributed by atoms with Crippen molar-refractivity contribution >= 4 is 29.1 Å². The lowest BCUT2D eigenvalue weighted by molar-refractivity contribution is -0.150. The zero-order chi connectivity index (χ0) is 16.7. The van der Waals surface area contributed by atoms with Crippen LogP contribution in [-0.4, -0.2) is 31.0 Å². The third-order valence-corrected chi connectivity index (χ3v) is 3.67. The van der Waals surface area contributed by atoms with Crippen molar-refractivity contribution in [2.45, 2.75) is 6.92 Å². The number of hydrogen-bond donors (Lipinski definition) is 1. The molecule has 120 valence electrons. The molecular formula is C16H15NO5S. The van der Waals surface area contributed by atoms with Gasteiger partial charge in [-0.05, 0) is 30.0 Å². The average Bonchev–Trinajstić information content (AvgIpc) is 3.06. The second-order valence-corrected chi connectivity index (χ2v) is 5.52. The van der Waals surface area contributed by atoms with Crippen LogP contribution >= 0.6 is 11.3 Å². The first kappa shape index (κ1) is 16.7. The van der Waals surface area contributed by atoms with Gasteiger partial charge in [0.25, 0.3) is 11.8 Å². The minimum Gasteiger partial charge on any atom is -0.482 e. The van der Waals surface area contributed by atoms with Crippen LogP contribution in [-0.2, 0) is 14.3 Å². The molecule has 0 spiro atoms. The Kier molecular flexibility index (Phi) is 5.87. The number of ether oxygens (including phenoxy) is 2. The molecule has 7 heteroatoms. The van der Waals surface area contributed by atoms with Crippen LogP contribution < -0.4 is 10.1 Å². The number of imide groups is 1. The molecule has 0 bridgehead atoms. The summed E-state index contributed by atoms with van der Waals surface area (Å²) in [6.07, 6.45) is 0. The maximum Gasteiger partial charge on any atom is 0.344 e. The van der Waals surface area contributed by atoms with E-state index in [1.807, 2.05) is 19.1 Å². The third-order valence-electron chi connectivity index (χ3n) is 2.80. The molecule has 0 fully saturated rings. The first-order valence-corrected chi connectivity index (χ1v) is 7.66. The number of aryl methyl sites for hydroxylation is 1. The monoisotopic (exact) mass is 333 g/mol. The fourth-order valence-corrected chi connectivity index (χ4v) is 2.29. The fraction of sp³-hybridized carbons (Fsp3) is 0.188. The summed E-state index contributed by atoms with van der Waals surface area (Å²) in [7, 11) is 0. The molecule has 23 heavy (non-hydrogen) atoms. The Morgan fingerprint density at radius 1 is 1.09 bits per heavy atom. The van der Waals surface area contributed by atoms with Crippen molar-refractivity contribution in [3.05, 3.63) is 52.2 Å². The van der Waals surface area contributed by atoms with E-state index in [2.05, 4.69) is 5.32 Å². The first-order chi connectivity index (χ1) is 11.1. The number of hydrogen-bond acceptors (Lipinski definition) is 6. The van der Waals surface area contributed by atoms with Gasteiger partial charge in [-0.25, -0.2) is 4.79 Å². The number of carbonyl (C=O) groups is 3. The van der Waals surface area contributed by atoms with Gasteiger partial charge in [0.2, 0.25) is 0 Å². The van der Waals surface area contributed by atoms with Crippen molar-refractivity contribution in [1.29, 1.82) is 0 Å². The molecule has 1 heterocycles. The Bertz CT molecular complexity index is 696. The van der Waals surface area contributed by atoms with Crippen LogP contribution in [0.1, 0.15) is 15.2 Å². The van der Waals surface area contributed by atoms with Crippen LogP contribution in [0, 0.1) is 6.92 Å². The number of para-hydroxylation sites is 1. The third kappa shape index (κ3) is 5.23. The van der Waals surface area contributed by atoms with E-state index in [4.69, 9.17) is 9.47 Å². The summed E-state index contributed by atoms with van der Waals surface area (Å²) in [6.45, 7) is 1.01. The van der Waals surface area contributed by atoms with E-state index in [0.29, 0.717) is 10.6 Å². The quantitative estimate of drug-likeness (QED) is 0.817. The second-order valence-electron chi connectivity index (χ2n) is 4.57. The molecule has 2 rings (SSSR count). The maximum absolute atomic E-state index is 11.6. The summed E-state index contributed by atoms with van der Waals surface area (Å²) in [4.78, 5) is 35.1. The number of rotatable bonds is 6. The van der Waals surface area contributed by atoms with E-state index < -0.39 is 24.4 Å². The lowest BCUT2D eigenvalue weighted by Crippen LogP contribution is -2.34. The number of benzene rings is 1. The van der Waals surface area contributed by atoms with Crippen LogP contribution in [0.25, 0.3) is 0 Å². The van der Waals surface area contributed by atoms with Gasteiger partial charge < -0.3 is 9.47 Å². The molecule has 1 N–H and O–H groups in total. The first-order valence-electron chi connectivity index (χ1n) is 6.78. The van der Waals surface area contributed by atoms with Crippen molar-refractivity contribution in [1.82, 2.24) is 5.32 Å². The van der Waals surface area contributed by atoms with E-state index in [-0.39, 0.29) is 6.61 Å². The Hall–Kier alpha value is -2.67. The molecule has 2 amide bonds. The number of carbonyl (C=O) groups excluding carboxylic acids is 3. The molecule has 0 aliphatic rings. The van der Waals surface area contributed by atoms with E-state index in [0.717, 1.165) is 5.56 Å². The minimum absolute atomic E-state index is 0.309. The van der Waals surface area contributed by atoms with Crippen LogP contribution in [0.4, 0.5) is 0 Å². The Morgan fingerprint density at radius 3 is 2.57 bits per heavy atom. The van der Waals surface area contributed by atoms with Crippen molar-refractivity contribution in [3.8, 4) is 5.75 Å². The summed E-state index contributed by atoms with van der Waals surface area (Å²) in [5.74, 6) is -1.32. The topological polar surface area (TPSA) is 81.7 Å². The van der Waals surface area contributed by atoms with Gasteiger partial charge in [-0.1, -0.05) is 24.3 Å². The zero-order valence-electron chi connectivity index (χ0n) is 12.4. The molecule has 2 aromatic rings. The Labute approximate surface area is 137 Å². The second kappa shape index (κ2) is 8.09. The molecule has 1 aromatic heterocycles. The summed E-state index contributed by atoms with van der Waals surface area (Å²) < 4.78 is 10.1. The summed E-state index contributed by atoms with van der Waals surface area (Å²) >= 11 is 1.21. The largest absolute Gasteiger partial charge is 0.482 e. The Balaban J connectivity index is 1.71. The lowest BCUT2D eigenvalue weighted by Gasteiger charge is -2.08. The van der Waals surface area contributed by atoms with Gasteiger partial charge in [0, 0.05) is 0 Å². The molecule has 0 aliphatic heterocycles. The smallest absolute Gasteiger partial charge is 0.344 e. The highest BCUT2D eigenvalue weighted by Gasteiger charge is 2.13. The van der Waals surface area contributed by atoms with Gasteiger partial charge in [0.1, 0.15) is 5.75 Å². The lowest BCUT2D eigenvalue weighted by atomic mass is 10.2.